The summed E-state index contributed by atoms with van der Waals surface area (Å²) in [6.07, 6.45) is -1.43. The topological polar surface area (TPSA) is 105 Å². The van der Waals surface area contributed by atoms with E-state index in [4.69, 9.17) is 4.74 Å². The normalized spacial score (nSPS) is 33.2. The van der Waals surface area contributed by atoms with Gasteiger partial charge in [-0.2, -0.15) is 4.98 Å². The summed E-state index contributed by atoms with van der Waals surface area (Å²) in [5, 5.41) is 29.3. The number of rotatable bonds is 3. The Kier molecular flexibility index (Phi) is 5.10. The SMILES string of the molecule is O=c1ccn([C@@H]2O[C@@H](CO)[C@@H](O)[C@@H]2O)c(C2SCCCS2)n1. The fraction of sp³-hybridized carbons (Fsp3) is 0.692. The van der Waals surface area contributed by atoms with Gasteiger partial charge in [0, 0.05) is 12.3 Å². The van der Waals surface area contributed by atoms with Gasteiger partial charge in [0.15, 0.2) is 6.23 Å². The van der Waals surface area contributed by atoms with Crippen molar-refractivity contribution in [2.75, 3.05) is 18.1 Å². The third-order valence-electron chi connectivity index (χ3n) is 3.70. The highest BCUT2D eigenvalue weighted by molar-refractivity contribution is 8.16. The van der Waals surface area contributed by atoms with Crippen LogP contribution in [0.2, 0.25) is 0 Å². The number of hydrogen-bond acceptors (Lipinski definition) is 8. The van der Waals surface area contributed by atoms with Crippen LogP contribution in [-0.4, -0.2) is 61.3 Å². The molecule has 122 valence electrons. The second-order valence-electron chi connectivity index (χ2n) is 5.19. The quantitative estimate of drug-likeness (QED) is 0.687. The van der Waals surface area contributed by atoms with Gasteiger partial charge < -0.3 is 24.6 Å². The summed E-state index contributed by atoms with van der Waals surface area (Å²) in [6, 6.07) is 1.30. The van der Waals surface area contributed by atoms with Crippen molar-refractivity contribution >= 4 is 23.5 Å². The van der Waals surface area contributed by atoms with Crippen LogP contribution in [0.4, 0.5) is 0 Å². The average molecular weight is 346 g/mol. The molecular formula is C13H18N2O5S2. The van der Waals surface area contributed by atoms with Crippen molar-refractivity contribution in [3.8, 4) is 0 Å². The molecule has 0 unspecified atom stereocenters. The molecule has 0 amide bonds. The van der Waals surface area contributed by atoms with Crippen LogP contribution in [0.15, 0.2) is 17.1 Å². The lowest BCUT2D eigenvalue weighted by molar-refractivity contribution is -0.0545. The molecule has 0 radical (unpaired) electrons. The van der Waals surface area contributed by atoms with E-state index < -0.39 is 24.5 Å². The summed E-state index contributed by atoms with van der Waals surface area (Å²) < 4.78 is 7.13. The highest BCUT2D eigenvalue weighted by atomic mass is 32.2. The predicted molar refractivity (Wildman–Crippen MR) is 83.8 cm³/mol. The Morgan fingerprint density at radius 1 is 1.32 bits per heavy atom. The Bertz CT molecular complexity index is 578. The van der Waals surface area contributed by atoms with Crippen LogP contribution >= 0.6 is 23.5 Å². The number of thioether (sulfide) groups is 2. The number of aliphatic hydroxyl groups is 3. The zero-order valence-corrected chi connectivity index (χ0v) is 13.4. The first kappa shape index (κ1) is 16.3. The Hall–Kier alpha value is -0.580. The van der Waals surface area contributed by atoms with Gasteiger partial charge in [-0.1, -0.05) is 0 Å². The smallest absolute Gasteiger partial charge is 0.272 e. The molecule has 0 saturated carbocycles. The van der Waals surface area contributed by atoms with Gasteiger partial charge in [-0.15, -0.1) is 23.5 Å². The van der Waals surface area contributed by atoms with E-state index in [1.807, 2.05) is 0 Å². The van der Waals surface area contributed by atoms with E-state index in [0.717, 1.165) is 17.9 Å². The van der Waals surface area contributed by atoms with Crippen LogP contribution in [0.25, 0.3) is 0 Å². The molecule has 0 spiro atoms. The molecule has 2 aliphatic heterocycles. The van der Waals surface area contributed by atoms with Crippen LogP contribution in [0.3, 0.4) is 0 Å². The minimum atomic E-state index is -1.18. The molecule has 2 fully saturated rings. The monoisotopic (exact) mass is 346 g/mol. The minimum Gasteiger partial charge on any atom is -0.394 e. The summed E-state index contributed by atoms with van der Waals surface area (Å²) in [6.45, 7) is -0.384. The van der Waals surface area contributed by atoms with Crippen molar-refractivity contribution in [2.45, 2.75) is 35.5 Å². The molecule has 9 heteroatoms. The Labute approximate surface area is 135 Å². The molecule has 1 aromatic heterocycles. The van der Waals surface area contributed by atoms with Crippen molar-refractivity contribution in [1.82, 2.24) is 9.55 Å². The first-order chi connectivity index (χ1) is 10.6. The molecule has 2 aliphatic rings. The van der Waals surface area contributed by atoms with Crippen LogP contribution in [-0.2, 0) is 4.74 Å². The third kappa shape index (κ3) is 3.06. The maximum atomic E-state index is 11.6. The minimum absolute atomic E-state index is 0.0104. The summed E-state index contributed by atoms with van der Waals surface area (Å²) in [7, 11) is 0. The lowest BCUT2D eigenvalue weighted by Gasteiger charge is -2.27. The predicted octanol–water partition coefficient (Wildman–Crippen LogP) is -0.277. The van der Waals surface area contributed by atoms with E-state index in [-0.39, 0.29) is 16.7 Å². The lowest BCUT2D eigenvalue weighted by Crippen LogP contribution is -2.34. The highest BCUT2D eigenvalue weighted by Gasteiger charge is 2.44. The standard InChI is InChI=1S/C13H18N2O5S2/c16-6-7-9(18)10(19)12(20-7)15-3-2-8(17)14-11(15)13-21-4-1-5-22-13/h2-3,7,9-10,12-13,16,18-19H,1,4-6H2/t7-,9+,10-,12+/m0/s1. The number of aromatic nitrogens is 2. The van der Waals surface area contributed by atoms with Crippen molar-refractivity contribution < 1.29 is 20.1 Å². The first-order valence-electron chi connectivity index (χ1n) is 7.06. The number of aliphatic hydroxyl groups excluding tert-OH is 3. The van der Waals surface area contributed by atoms with E-state index in [9.17, 15) is 20.1 Å². The first-order valence-corrected chi connectivity index (χ1v) is 9.16. The Morgan fingerprint density at radius 2 is 2.05 bits per heavy atom. The van der Waals surface area contributed by atoms with Gasteiger partial charge in [0.1, 0.15) is 28.7 Å². The zero-order chi connectivity index (χ0) is 15.7. The zero-order valence-electron chi connectivity index (χ0n) is 11.7. The fourth-order valence-corrected chi connectivity index (χ4v) is 5.41. The summed E-state index contributed by atoms with van der Waals surface area (Å²) in [5.41, 5.74) is -0.343. The summed E-state index contributed by atoms with van der Waals surface area (Å²) in [5.74, 6) is 2.49. The molecule has 1 aromatic rings. The maximum Gasteiger partial charge on any atom is 0.272 e. The Morgan fingerprint density at radius 3 is 2.68 bits per heavy atom. The van der Waals surface area contributed by atoms with Crippen molar-refractivity contribution in [2.24, 2.45) is 0 Å². The molecule has 22 heavy (non-hydrogen) atoms. The second kappa shape index (κ2) is 6.90. The van der Waals surface area contributed by atoms with Crippen LogP contribution in [0, 0.1) is 0 Å². The van der Waals surface area contributed by atoms with E-state index in [1.54, 1.807) is 28.1 Å². The molecular weight excluding hydrogens is 328 g/mol. The van der Waals surface area contributed by atoms with Gasteiger partial charge in [0.25, 0.3) is 5.56 Å². The molecule has 3 N–H and O–H groups in total. The van der Waals surface area contributed by atoms with E-state index in [0.29, 0.717) is 5.82 Å². The van der Waals surface area contributed by atoms with Crippen molar-refractivity contribution in [3.05, 3.63) is 28.4 Å². The molecule has 2 saturated heterocycles. The molecule has 4 atom stereocenters. The summed E-state index contributed by atoms with van der Waals surface area (Å²) >= 11 is 3.40. The van der Waals surface area contributed by atoms with Gasteiger partial charge in [-0.25, -0.2) is 0 Å². The number of ether oxygens (including phenoxy) is 1. The lowest BCUT2D eigenvalue weighted by atomic mass is 10.1. The van der Waals surface area contributed by atoms with Crippen LogP contribution in [0.5, 0.6) is 0 Å². The summed E-state index contributed by atoms with van der Waals surface area (Å²) in [4.78, 5) is 15.7. The van der Waals surface area contributed by atoms with Gasteiger partial charge in [0.05, 0.1) is 6.61 Å². The van der Waals surface area contributed by atoms with E-state index in [1.165, 1.54) is 12.3 Å². The molecule has 0 aliphatic carbocycles. The van der Waals surface area contributed by atoms with Gasteiger partial charge >= 0.3 is 0 Å². The van der Waals surface area contributed by atoms with Gasteiger partial charge in [0.2, 0.25) is 0 Å². The average Bonchev–Trinajstić information content (AvgIpc) is 2.83. The van der Waals surface area contributed by atoms with Gasteiger partial charge in [-0.05, 0) is 17.9 Å². The molecule has 3 rings (SSSR count). The van der Waals surface area contributed by atoms with Crippen LogP contribution < -0.4 is 5.56 Å². The van der Waals surface area contributed by atoms with Gasteiger partial charge in [-0.3, -0.25) is 4.79 Å². The fourth-order valence-electron chi connectivity index (χ4n) is 2.56. The Balaban J connectivity index is 1.94. The second-order valence-corrected chi connectivity index (χ2v) is 7.91. The third-order valence-corrected chi connectivity index (χ3v) is 6.59. The van der Waals surface area contributed by atoms with E-state index >= 15 is 0 Å². The van der Waals surface area contributed by atoms with Crippen LogP contribution in [0.1, 0.15) is 23.1 Å². The van der Waals surface area contributed by atoms with Crippen molar-refractivity contribution in [1.29, 1.82) is 0 Å². The maximum absolute atomic E-state index is 11.6. The molecule has 7 nitrogen and oxygen atoms in total. The number of hydrogen-bond donors (Lipinski definition) is 3. The van der Waals surface area contributed by atoms with E-state index in [2.05, 4.69) is 4.98 Å². The highest BCUT2D eigenvalue weighted by Crippen LogP contribution is 2.44. The van der Waals surface area contributed by atoms with Crippen molar-refractivity contribution in [3.63, 3.8) is 0 Å². The number of nitrogens with zero attached hydrogens (tertiary/aromatic N) is 2. The molecule has 0 bridgehead atoms. The molecule has 0 aromatic carbocycles. The molecule has 3 heterocycles. The largest absolute Gasteiger partial charge is 0.394 e.